The van der Waals surface area contributed by atoms with Crippen molar-refractivity contribution >= 4 is 21.8 Å². The van der Waals surface area contributed by atoms with Gasteiger partial charge in [0.25, 0.3) is 5.91 Å². The lowest BCUT2D eigenvalue weighted by molar-refractivity contribution is 0.0945. The molecule has 0 spiro atoms. The van der Waals surface area contributed by atoms with E-state index in [-0.39, 0.29) is 5.91 Å². The second kappa shape index (κ2) is 7.50. The summed E-state index contributed by atoms with van der Waals surface area (Å²) in [4.78, 5) is 14.2. The molecule has 1 aromatic rings. The summed E-state index contributed by atoms with van der Waals surface area (Å²) < 4.78 is 6.10. The number of methoxy groups -OCH3 is 1. The largest absolute Gasteiger partial charge is 0.496 e. The number of halogens is 1. The number of nitrogens with zero attached hydrogens (tertiary/aromatic N) is 1. The molecular weight excluding hydrogens is 308 g/mol. The molecule has 0 bridgehead atoms. The minimum atomic E-state index is -0.110. The van der Waals surface area contributed by atoms with Crippen molar-refractivity contribution < 1.29 is 9.53 Å². The van der Waals surface area contributed by atoms with E-state index in [1.165, 1.54) is 0 Å². The van der Waals surface area contributed by atoms with Crippen molar-refractivity contribution in [3.63, 3.8) is 0 Å². The zero-order valence-corrected chi connectivity index (χ0v) is 13.5. The lowest BCUT2D eigenvalue weighted by atomic mass is 10.2. The maximum atomic E-state index is 12.1. The van der Waals surface area contributed by atoms with E-state index in [0.29, 0.717) is 23.9 Å². The summed E-state index contributed by atoms with van der Waals surface area (Å²) in [5, 5.41) is 2.90. The molecule has 0 aromatic heterocycles. The van der Waals surface area contributed by atoms with Gasteiger partial charge in [-0.25, -0.2) is 0 Å². The molecule has 0 aliphatic heterocycles. The van der Waals surface area contributed by atoms with Crippen LogP contribution in [0.4, 0.5) is 0 Å². The molecule has 4 nitrogen and oxygen atoms in total. The summed E-state index contributed by atoms with van der Waals surface area (Å²) in [6, 6.07) is 5.84. The highest BCUT2D eigenvalue weighted by Crippen LogP contribution is 2.23. The van der Waals surface area contributed by atoms with Crippen LogP contribution >= 0.6 is 15.9 Å². The smallest absolute Gasteiger partial charge is 0.255 e. The number of rotatable bonds is 6. The van der Waals surface area contributed by atoms with Crippen LogP contribution in [0.5, 0.6) is 5.75 Å². The van der Waals surface area contributed by atoms with Crippen LogP contribution in [0.25, 0.3) is 0 Å². The van der Waals surface area contributed by atoms with Gasteiger partial charge in [-0.3, -0.25) is 4.79 Å². The summed E-state index contributed by atoms with van der Waals surface area (Å²) in [5.74, 6) is 0.464. The fourth-order valence-electron chi connectivity index (χ4n) is 1.55. The summed E-state index contributed by atoms with van der Waals surface area (Å²) in [6.45, 7) is 5.69. The van der Waals surface area contributed by atoms with Gasteiger partial charge in [-0.2, -0.15) is 0 Å². The highest BCUT2D eigenvalue weighted by Gasteiger charge is 2.12. The molecule has 0 aliphatic carbocycles. The third-order valence-electron chi connectivity index (χ3n) is 3.04. The van der Waals surface area contributed by atoms with Crippen LogP contribution in [0.1, 0.15) is 24.2 Å². The molecule has 0 fully saturated rings. The van der Waals surface area contributed by atoms with E-state index in [0.717, 1.165) is 11.0 Å². The quantitative estimate of drug-likeness (QED) is 0.872. The fraction of sp³-hybridized carbons (Fsp3) is 0.500. The number of carbonyl (C=O) groups is 1. The molecule has 0 unspecified atom stereocenters. The number of benzene rings is 1. The van der Waals surface area contributed by atoms with Gasteiger partial charge in [-0.1, -0.05) is 15.9 Å². The van der Waals surface area contributed by atoms with Crippen LogP contribution in [0.2, 0.25) is 0 Å². The molecule has 1 N–H and O–H groups in total. The van der Waals surface area contributed by atoms with Gasteiger partial charge in [-0.15, -0.1) is 0 Å². The highest BCUT2D eigenvalue weighted by molar-refractivity contribution is 9.10. The third kappa shape index (κ3) is 4.84. The van der Waals surface area contributed by atoms with Crippen LogP contribution < -0.4 is 10.1 Å². The van der Waals surface area contributed by atoms with Gasteiger partial charge in [-0.05, 0) is 39.1 Å². The van der Waals surface area contributed by atoms with Crippen molar-refractivity contribution in [1.29, 1.82) is 0 Å². The predicted octanol–water partition coefficient (Wildman–Crippen LogP) is 2.53. The first-order valence-electron chi connectivity index (χ1n) is 6.27. The van der Waals surface area contributed by atoms with Gasteiger partial charge in [0, 0.05) is 23.6 Å². The molecule has 0 aliphatic rings. The lowest BCUT2D eigenvalue weighted by Crippen LogP contribution is -2.36. The van der Waals surface area contributed by atoms with Crippen LogP contribution in [0.3, 0.4) is 0 Å². The average Bonchev–Trinajstić information content (AvgIpc) is 2.37. The van der Waals surface area contributed by atoms with Crippen LogP contribution in [0, 0.1) is 0 Å². The van der Waals surface area contributed by atoms with Gasteiger partial charge in [0.2, 0.25) is 0 Å². The second-order valence-corrected chi connectivity index (χ2v) is 5.59. The van der Waals surface area contributed by atoms with Crippen LogP contribution in [-0.2, 0) is 0 Å². The maximum absolute atomic E-state index is 12.1. The van der Waals surface area contributed by atoms with Gasteiger partial charge >= 0.3 is 0 Å². The molecule has 0 heterocycles. The Morgan fingerprint density at radius 3 is 2.74 bits per heavy atom. The molecular formula is C14H21BrN2O2. The molecule has 5 heteroatoms. The standard InChI is InChI=1S/C14H21BrN2O2/c1-10(2)17(3)8-7-16-14(18)12-6-5-11(15)9-13(12)19-4/h5-6,9-10H,7-8H2,1-4H3,(H,16,18). The molecule has 106 valence electrons. The molecule has 0 radical (unpaired) electrons. The zero-order chi connectivity index (χ0) is 14.4. The molecule has 0 saturated carbocycles. The summed E-state index contributed by atoms with van der Waals surface area (Å²) in [6.07, 6.45) is 0. The number of hydrogen-bond donors (Lipinski definition) is 1. The normalized spacial score (nSPS) is 10.9. The number of carbonyl (C=O) groups excluding carboxylic acids is 1. The maximum Gasteiger partial charge on any atom is 0.255 e. The Morgan fingerprint density at radius 2 is 2.16 bits per heavy atom. The average molecular weight is 329 g/mol. The number of hydrogen-bond acceptors (Lipinski definition) is 3. The van der Waals surface area contributed by atoms with E-state index in [1.807, 2.05) is 13.1 Å². The second-order valence-electron chi connectivity index (χ2n) is 4.67. The third-order valence-corrected chi connectivity index (χ3v) is 3.53. The highest BCUT2D eigenvalue weighted by atomic mass is 79.9. The van der Waals surface area contributed by atoms with E-state index < -0.39 is 0 Å². The summed E-state index contributed by atoms with van der Waals surface area (Å²) >= 11 is 3.36. The first kappa shape index (κ1) is 16.0. The van der Waals surface area contributed by atoms with E-state index in [9.17, 15) is 4.79 Å². The molecule has 0 saturated heterocycles. The van der Waals surface area contributed by atoms with Gasteiger partial charge in [0.1, 0.15) is 5.75 Å². The van der Waals surface area contributed by atoms with Crippen LogP contribution in [0.15, 0.2) is 22.7 Å². The molecule has 0 atom stereocenters. The number of ether oxygens (including phenoxy) is 1. The number of nitrogens with one attached hydrogen (secondary N) is 1. The van der Waals surface area contributed by atoms with Gasteiger partial charge in [0.15, 0.2) is 0 Å². The van der Waals surface area contributed by atoms with Crippen molar-refractivity contribution in [2.24, 2.45) is 0 Å². The zero-order valence-electron chi connectivity index (χ0n) is 11.9. The molecule has 1 rings (SSSR count). The Hall–Kier alpha value is -1.07. The van der Waals surface area contributed by atoms with Crippen molar-refractivity contribution in [2.75, 3.05) is 27.2 Å². The number of likely N-dealkylation sites (N-methyl/N-ethyl adjacent to an activating group) is 1. The van der Waals surface area contributed by atoms with Crippen molar-refractivity contribution in [3.05, 3.63) is 28.2 Å². The Bertz CT molecular complexity index is 435. The van der Waals surface area contributed by atoms with Crippen molar-refractivity contribution in [3.8, 4) is 5.75 Å². The minimum Gasteiger partial charge on any atom is -0.496 e. The van der Waals surface area contributed by atoms with Crippen molar-refractivity contribution in [1.82, 2.24) is 10.2 Å². The Kier molecular flexibility index (Phi) is 6.31. The predicted molar refractivity (Wildman–Crippen MR) is 80.8 cm³/mol. The van der Waals surface area contributed by atoms with E-state index >= 15 is 0 Å². The number of amides is 1. The summed E-state index contributed by atoms with van der Waals surface area (Å²) in [7, 11) is 3.60. The van der Waals surface area contributed by atoms with Gasteiger partial charge in [0.05, 0.1) is 12.7 Å². The van der Waals surface area contributed by atoms with Crippen molar-refractivity contribution in [2.45, 2.75) is 19.9 Å². The Balaban J connectivity index is 2.59. The first-order valence-corrected chi connectivity index (χ1v) is 7.07. The molecule has 1 aromatic carbocycles. The van der Waals surface area contributed by atoms with E-state index in [2.05, 4.69) is 40.0 Å². The lowest BCUT2D eigenvalue weighted by Gasteiger charge is -2.21. The Labute approximate surface area is 123 Å². The van der Waals surface area contributed by atoms with E-state index in [4.69, 9.17) is 4.74 Å². The molecule has 1 amide bonds. The molecule has 19 heavy (non-hydrogen) atoms. The minimum absolute atomic E-state index is 0.110. The topological polar surface area (TPSA) is 41.6 Å². The first-order chi connectivity index (χ1) is 8.95. The fourth-order valence-corrected chi connectivity index (χ4v) is 1.89. The van der Waals surface area contributed by atoms with Crippen LogP contribution in [-0.4, -0.2) is 44.1 Å². The monoisotopic (exact) mass is 328 g/mol. The van der Waals surface area contributed by atoms with E-state index in [1.54, 1.807) is 19.2 Å². The SMILES string of the molecule is COc1cc(Br)ccc1C(=O)NCCN(C)C(C)C. The van der Waals surface area contributed by atoms with Gasteiger partial charge < -0.3 is 15.0 Å². The Morgan fingerprint density at radius 1 is 1.47 bits per heavy atom. The summed E-state index contributed by atoms with van der Waals surface area (Å²) in [5.41, 5.74) is 0.554.